The number of hydrogen-bond acceptors (Lipinski definition) is 0. The lowest BCUT2D eigenvalue weighted by atomic mass is 9.32. The molecule has 0 saturated heterocycles. The van der Waals surface area contributed by atoms with Crippen molar-refractivity contribution >= 4 is 0 Å². The molecular weight excluding hydrogens is 1030 g/mol. The Kier molecular flexibility index (Phi) is 58.8. The molecule has 0 aromatic heterocycles. The fourth-order valence-electron chi connectivity index (χ4n) is 18.9. The molecule has 0 fully saturated rings. The van der Waals surface area contributed by atoms with Gasteiger partial charge in [-0.3, -0.25) is 0 Å². The second-order valence-electron chi connectivity index (χ2n) is 32.5. The van der Waals surface area contributed by atoms with E-state index in [1.165, 1.54) is 411 Å². The summed E-state index contributed by atoms with van der Waals surface area (Å²) >= 11 is 0. The van der Waals surface area contributed by atoms with E-state index < -0.39 is 0 Å². The van der Waals surface area contributed by atoms with Crippen LogP contribution >= 0.6 is 0 Å². The molecular formula is C86H174. The predicted octanol–water partition coefficient (Wildman–Crippen LogP) is 32.8. The first-order valence-electron chi connectivity index (χ1n) is 41.8. The summed E-state index contributed by atoms with van der Waals surface area (Å²) in [7, 11) is 0. The lowest BCUT2D eigenvalue weighted by Gasteiger charge is -2.72. The van der Waals surface area contributed by atoms with E-state index in [-0.39, 0.29) is 16.2 Å². The van der Waals surface area contributed by atoms with Gasteiger partial charge in [0.15, 0.2) is 0 Å². The molecule has 0 aromatic carbocycles. The van der Waals surface area contributed by atoms with E-state index in [0.717, 1.165) is 11.8 Å². The number of hydrogen-bond donors (Lipinski definition) is 0. The first-order chi connectivity index (χ1) is 41.8. The van der Waals surface area contributed by atoms with Crippen LogP contribution in [0.2, 0.25) is 0 Å². The van der Waals surface area contributed by atoms with Crippen molar-refractivity contribution in [2.75, 3.05) is 0 Å². The Bertz CT molecular complexity index is 1330. The molecule has 0 heteroatoms. The lowest BCUT2D eigenvalue weighted by Crippen LogP contribution is -2.64. The minimum atomic E-state index is 0.219. The van der Waals surface area contributed by atoms with E-state index in [2.05, 4.69) is 96.9 Å². The van der Waals surface area contributed by atoms with Crippen LogP contribution < -0.4 is 0 Å². The summed E-state index contributed by atoms with van der Waals surface area (Å²) < 4.78 is 0. The van der Waals surface area contributed by atoms with Gasteiger partial charge in [0.2, 0.25) is 0 Å². The van der Waals surface area contributed by atoms with E-state index in [1.807, 2.05) is 0 Å². The number of unbranched alkanes of at least 4 members (excludes halogenated alkanes) is 46. The molecule has 0 nitrogen and oxygen atoms in total. The topological polar surface area (TPSA) is 0 Å². The van der Waals surface area contributed by atoms with Crippen molar-refractivity contribution in [1.29, 1.82) is 0 Å². The maximum Gasteiger partial charge on any atom is -0.0130 e. The van der Waals surface area contributed by atoms with E-state index >= 15 is 0 Å². The Morgan fingerprint density at radius 3 is 0.744 bits per heavy atom. The first kappa shape index (κ1) is 86.0. The van der Waals surface area contributed by atoms with Crippen LogP contribution in [0.25, 0.3) is 0 Å². The maximum atomic E-state index is 3.06. The summed E-state index contributed by atoms with van der Waals surface area (Å²) in [6.07, 6.45) is 94.8. The molecule has 0 aromatic rings. The molecule has 0 radical (unpaired) electrons. The zero-order valence-corrected chi connectivity index (χ0v) is 63.6. The van der Waals surface area contributed by atoms with Crippen molar-refractivity contribution < 1.29 is 0 Å². The van der Waals surface area contributed by atoms with Gasteiger partial charge in [0, 0.05) is 0 Å². The van der Waals surface area contributed by atoms with Gasteiger partial charge >= 0.3 is 0 Å². The minimum absolute atomic E-state index is 0.219. The highest BCUT2D eigenvalue weighted by molar-refractivity contribution is 5.17. The maximum absolute atomic E-state index is 3.06. The Hall–Kier alpha value is 0. The third kappa shape index (κ3) is 39.5. The van der Waals surface area contributed by atoms with Gasteiger partial charge in [-0.1, -0.05) is 456 Å². The van der Waals surface area contributed by atoms with Gasteiger partial charge in [0.05, 0.1) is 0 Å². The number of rotatable bonds is 70. The average molecular weight is 1210 g/mol. The summed E-state index contributed by atoms with van der Waals surface area (Å²) in [6, 6.07) is 0. The quantitative estimate of drug-likeness (QED) is 0.0533. The van der Waals surface area contributed by atoms with Gasteiger partial charge < -0.3 is 0 Å². The van der Waals surface area contributed by atoms with Crippen LogP contribution in [0.3, 0.4) is 0 Å². The summed E-state index contributed by atoms with van der Waals surface area (Å²) in [4.78, 5) is 0. The van der Waals surface area contributed by atoms with Gasteiger partial charge in [-0.25, -0.2) is 0 Å². The Morgan fingerprint density at radius 1 is 0.233 bits per heavy atom. The molecule has 5 atom stereocenters. The molecule has 5 unspecified atom stereocenters. The molecule has 0 aliphatic heterocycles. The molecule has 518 valence electrons. The van der Waals surface area contributed by atoms with Crippen molar-refractivity contribution in [3.05, 3.63) is 0 Å². The SMILES string of the molecule is CCCCCCCCCCCCC(CCCCCCCCCC)(CCCCCCCCCCC)C(CCCCCCCCC)(C(C)(C)CC(C)(C)C)C(CCCCCCCC)(CC(CC)CCCC)C(CCCCCCC)CCCCCCCCC. The summed E-state index contributed by atoms with van der Waals surface area (Å²) in [6.45, 7) is 36.4. The zero-order valence-electron chi connectivity index (χ0n) is 63.6. The van der Waals surface area contributed by atoms with Crippen molar-refractivity contribution in [3.63, 3.8) is 0 Å². The molecule has 0 amide bonds. The third-order valence-electron chi connectivity index (χ3n) is 23.1. The Labute approximate surface area is 550 Å². The molecule has 0 N–H and O–H groups in total. The van der Waals surface area contributed by atoms with Crippen molar-refractivity contribution in [2.45, 2.75) is 514 Å². The standard InChI is InChI=1S/C86H174/c1-15-24-32-39-45-48-50-55-60-67-75-84(73-65-58-53-47-41-34-26-17-3,74-66-59-54-49-46-40-33-25-16-2)86(83(13,14)79-82(10,11)12,77-69-62-52-43-36-28-19-5)85(76-68-61-44-37-29-20-6,78-80(23-9)70-31-22-8)81(71-63-56-38-30-21-7)72-64-57-51-42-35-27-18-4/h80-81H,15-79H2,1-14H3. The molecule has 0 bridgehead atoms. The van der Waals surface area contributed by atoms with Crippen LogP contribution in [0.1, 0.15) is 514 Å². The summed E-state index contributed by atoms with van der Waals surface area (Å²) in [5.41, 5.74) is 1.48. The van der Waals surface area contributed by atoms with Gasteiger partial charge in [-0.05, 0) is 96.7 Å². The summed E-state index contributed by atoms with van der Waals surface area (Å²) in [5, 5.41) is 0. The van der Waals surface area contributed by atoms with Crippen molar-refractivity contribution in [3.8, 4) is 0 Å². The second-order valence-corrected chi connectivity index (χ2v) is 32.5. The average Bonchev–Trinajstić information content (AvgIpc) is 0.729. The first-order valence-corrected chi connectivity index (χ1v) is 41.8. The van der Waals surface area contributed by atoms with E-state index in [9.17, 15) is 0 Å². The highest BCUT2D eigenvalue weighted by Gasteiger charge is 2.68. The smallest absolute Gasteiger partial charge is 0.0130 e. The Morgan fingerprint density at radius 2 is 0.477 bits per heavy atom. The van der Waals surface area contributed by atoms with Crippen LogP contribution in [0.4, 0.5) is 0 Å². The molecule has 0 spiro atoms. The van der Waals surface area contributed by atoms with Gasteiger partial charge in [0.1, 0.15) is 0 Å². The third-order valence-corrected chi connectivity index (χ3v) is 23.1. The molecule has 86 heavy (non-hydrogen) atoms. The predicted molar refractivity (Wildman–Crippen MR) is 399 cm³/mol. The van der Waals surface area contributed by atoms with Crippen LogP contribution in [0, 0.1) is 38.9 Å². The fourth-order valence-corrected chi connectivity index (χ4v) is 18.9. The van der Waals surface area contributed by atoms with E-state index in [1.54, 1.807) is 6.42 Å². The largest absolute Gasteiger partial charge is 0.0654 e. The van der Waals surface area contributed by atoms with Gasteiger partial charge in [0.25, 0.3) is 0 Å². The van der Waals surface area contributed by atoms with E-state index in [0.29, 0.717) is 10.8 Å². The highest BCUT2D eigenvalue weighted by Crippen LogP contribution is 2.76. The van der Waals surface area contributed by atoms with Gasteiger partial charge in [-0.15, -0.1) is 0 Å². The monoisotopic (exact) mass is 1210 g/mol. The lowest BCUT2D eigenvalue weighted by molar-refractivity contribution is -0.233. The van der Waals surface area contributed by atoms with Crippen LogP contribution in [0.5, 0.6) is 0 Å². The minimum Gasteiger partial charge on any atom is -0.0654 e. The van der Waals surface area contributed by atoms with Crippen molar-refractivity contribution in [2.24, 2.45) is 38.9 Å². The normalized spacial score (nSPS) is 15.3. The van der Waals surface area contributed by atoms with Crippen LogP contribution in [0.15, 0.2) is 0 Å². The van der Waals surface area contributed by atoms with Crippen molar-refractivity contribution in [1.82, 2.24) is 0 Å². The molecule has 0 heterocycles. The highest BCUT2D eigenvalue weighted by atomic mass is 14.7. The fraction of sp³-hybridized carbons (Fsp3) is 1.00. The van der Waals surface area contributed by atoms with Crippen LogP contribution in [-0.2, 0) is 0 Å². The van der Waals surface area contributed by atoms with E-state index in [4.69, 9.17) is 0 Å². The molecule has 0 aliphatic carbocycles. The second kappa shape index (κ2) is 58.8. The molecule has 0 saturated carbocycles. The zero-order chi connectivity index (χ0) is 63.6. The Balaban J connectivity index is 9.45. The van der Waals surface area contributed by atoms with Gasteiger partial charge in [-0.2, -0.15) is 0 Å². The molecule has 0 rings (SSSR count). The molecule has 0 aliphatic rings. The summed E-state index contributed by atoms with van der Waals surface area (Å²) in [5.74, 6) is 1.68. The van der Waals surface area contributed by atoms with Crippen LogP contribution in [-0.4, -0.2) is 0 Å².